The number of ether oxygens (including phenoxy) is 3. The molecular weight excluding hydrogens is 392 g/mol. The van der Waals surface area contributed by atoms with Crippen molar-refractivity contribution in [1.82, 2.24) is 9.55 Å². The van der Waals surface area contributed by atoms with E-state index in [1.165, 1.54) is 32.8 Å². The second kappa shape index (κ2) is 8.52. The fourth-order valence-corrected chi connectivity index (χ4v) is 3.95. The number of benzene rings is 2. The number of hydrogen-bond acceptors (Lipinski definition) is 5. The zero-order valence-electron chi connectivity index (χ0n) is 18.0. The van der Waals surface area contributed by atoms with Gasteiger partial charge in [-0.3, -0.25) is 9.78 Å². The Morgan fingerprint density at radius 3 is 2.35 bits per heavy atom. The van der Waals surface area contributed by atoms with Crippen molar-refractivity contribution in [3.8, 4) is 17.2 Å². The Morgan fingerprint density at radius 1 is 1.00 bits per heavy atom. The molecule has 0 atom stereocenters. The number of allylic oxidation sites excluding steroid dienone is 1. The molecule has 158 valence electrons. The van der Waals surface area contributed by atoms with Crippen LogP contribution in [-0.4, -0.2) is 36.7 Å². The van der Waals surface area contributed by atoms with Crippen LogP contribution in [-0.2, 0) is 6.54 Å². The van der Waals surface area contributed by atoms with Crippen molar-refractivity contribution in [2.45, 2.75) is 13.5 Å². The van der Waals surface area contributed by atoms with Crippen LogP contribution in [0.1, 0.15) is 23.0 Å². The number of rotatable bonds is 7. The summed E-state index contributed by atoms with van der Waals surface area (Å²) in [6, 6.07) is 13.6. The van der Waals surface area contributed by atoms with Crippen LogP contribution in [0, 0.1) is 0 Å². The fourth-order valence-electron chi connectivity index (χ4n) is 3.95. The predicted molar refractivity (Wildman–Crippen MR) is 122 cm³/mol. The van der Waals surface area contributed by atoms with Crippen LogP contribution in [0.4, 0.5) is 0 Å². The van der Waals surface area contributed by atoms with Gasteiger partial charge in [-0.15, -0.1) is 0 Å². The Labute approximate surface area is 180 Å². The number of carbonyl (C=O) groups excluding carboxylic acids is 1. The fraction of sp³-hybridized carbons (Fsp3) is 0.200. The molecule has 0 aliphatic rings. The first-order chi connectivity index (χ1) is 15.1. The molecule has 2 aromatic heterocycles. The van der Waals surface area contributed by atoms with Crippen molar-refractivity contribution in [2.75, 3.05) is 21.3 Å². The summed E-state index contributed by atoms with van der Waals surface area (Å²) in [5.74, 6) is 1.14. The van der Waals surface area contributed by atoms with Gasteiger partial charge in [-0.2, -0.15) is 0 Å². The first-order valence-electron chi connectivity index (χ1n) is 10.0. The lowest BCUT2D eigenvalue weighted by Gasteiger charge is -2.13. The Morgan fingerprint density at radius 2 is 1.71 bits per heavy atom. The second-order valence-electron chi connectivity index (χ2n) is 6.97. The SMILES string of the molecule is CCn1c2ccccc2c2ccnc(/C=C/C(=O)c3cc(OC)c(OC)c(OC)c3)c21. The standard InChI is InChI=1S/C25H24N2O4/c1-5-27-20-9-7-6-8-17(20)18-12-13-26-19(24(18)27)10-11-21(28)16-14-22(29-2)25(31-4)23(15-16)30-3/h6-15H,5H2,1-4H3/b11-10+. The van der Waals surface area contributed by atoms with Gasteiger partial charge in [0.1, 0.15) is 0 Å². The molecule has 6 nitrogen and oxygen atoms in total. The van der Waals surface area contributed by atoms with Gasteiger partial charge in [0.05, 0.1) is 32.5 Å². The van der Waals surface area contributed by atoms with Gasteiger partial charge in [0.25, 0.3) is 0 Å². The third kappa shape index (κ3) is 3.50. The number of carbonyl (C=O) groups is 1. The Kier molecular flexibility index (Phi) is 5.62. The smallest absolute Gasteiger partial charge is 0.203 e. The summed E-state index contributed by atoms with van der Waals surface area (Å²) in [5, 5.41) is 2.29. The summed E-state index contributed by atoms with van der Waals surface area (Å²) in [7, 11) is 4.58. The summed E-state index contributed by atoms with van der Waals surface area (Å²) in [5.41, 5.74) is 3.35. The van der Waals surface area contributed by atoms with E-state index < -0.39 is 0 Å². The molecule has 6 heteroatoms. The molecule has 0 amide bonds. The maximum atomic E-state index is 12.9. The second-order valence-corrected chi connectivity index (χ2v) is 6.97. The average Bonchev–Trinajstić information content (AvgIpc) is 3.15. The van der Waals surface area contributed by atoms with Crippen molar-refractivity contribution in [2.24, 2.45) is 0 Å². The highest BCUT2D eigenvalue weighted by Gasteiger charge is 2.16. The zero-order chi connectivity index (χ0) is 22.0. The van der Waals surface area contributed by atoms with Crippen molar-refractivity contribution in [1.29, 1.82) is 0 Å². The molecule has 31 heavy (non-hydrogen) atoms. The van der Waals surface area contributed by atoms with Gasteiger partial charge >= 0.3 is 0 Å². The molecule has 0 aliphatic heterocycles. The molecule has 4 rings (SSSR count). The molecule has 0 saturated heterocycles. The number of hydrogen-bond donors (Lipinski definition) is 0. The Hall–Kier alpha value is -3.80. The largest absolute Gasteiger partial charge is 0.493 e. The van der Waals surface area contributed by atoms with E-state index in [1.54, 1.807) is 24.4 Å². The first-order valence-corrected chi connectivity index (χ1v) is 10.0. The van der Waals surface area contributed by atoms with E-state index in [1.807, 2.05) is 18.2 Å². The van der Waals surface area contributed by atoms with Crippen LogP contribution in [0.25, 0.3) is 27.9 Å². The molecule has 0 spiro atoms. The lowest BCUT2D eigenvalue weighted by molar-refractivity contribution is 0.104. The first kappa shape index (κ1) is 20.5. The van der Waals surface area contributed by atoms with E-state index in [4.69, 9.17) is 14.2 Å². The number of methoxy groups -OCH3 is 3. The summed E-state index contributed by atoms with van der Waals surface area (Å²) >= 11 is 0. The minimum absolute atomic E-state index is 0.183. The molecule has 0 unspecified atom stereocenters. The lowest BCUT2D eigenvalue weighted by Crippen LogP contribution is -2.01. The number of nitrogens with zero attached hydrogens (tertiary/aromatic N) is 2. The molecule has 4 aromatic rings. The van der Waals surface area contributed by atoms with Crippen molar-refractivity contribution >= 4 is 33.7 Å². The quantitative estimate of drug-likeness (QED) is 0.309. The summed E-state index contributed by atoms with van der Waals surface area (Å²) in [4.78, 5) is 17.5. The lowest BCUT2D eigenvalue weighted by atomic mass is 10.1. The minimum atomic E-state index is -0.183. The number of aryl methyl sites for hydroxylation is 1. The van der Waals surface area contributed by atoms with Gasteiger partial charge < -0.3 is 18.8 Å². The van der Waals surface area contributed by atoms with Gasteiger partial charge in [-0.1, -0.05) is 18.2 Å². The van der Waals surface area contributed by atoms with Crippen LogP contribution in [0.5, 0.6) is 17.2 Å². The number of aromatic nitrogens is 2. The van der Waals surface area contributed by atoms with E-state index >= 15 is 0 Å². The predicted octanol–water partition coefficient (Wildman–Crippen LogP) is 5.13. The monoisotopic (exact) mass is 416 g/mol. The number of fused-ring (bicyclic) bond motifs is 3. The van der Waals surface area contributed by atoms with E-state index in [0.717, 1.165) is 28.7 Å². The van der Waals surface area contributed by atoms with E-state index in [0.29, 0.717) is 22.8 Å². The normalized spacial score (nSPS) is 11.4. The van der Waals surface area contributed by atoms with Crippen molar-refractivity contribution < 1.29 is 19.0 Å². The van der Waals surface area contributed by atoms with E-state index in [9.17, 15) is 4.79 Å². The molecule has 2 heterocycles. The average molecular weight is 416 g/mol. The Balaban J connectivity index is 1.78. The van der Waals surface area contributed by atoms with E-state index in [-0.39, 0.29) is 5.78 Å². The third-order valence-corrected chi connectivity index (χ3v) is 5.37. The van der Waals surface area contributed by atoms with Crippen LogP contribution in [0.2, 0.25) is 0 Å². The van der Waals surface area contributed by atoms with Crippen LogP contribution >= 0.6 is 0 Å². The molecule has 0 aliphatic carbocycles. The molecule has 0 bridgehead atoms. The number of para-hydroxylation sites is 1. The van der Waals surface area contributed by atoms with Crippen molar-refractivity contribution in [3.05, 3.63) is 66.0 Å². The molecule has 2 aromatic carbocycles. The molecule has 0 saturated carbocycles. The topological polar surface area (TPSA) is 62.6 Å². The molecular formula is C25H24N2O4. The highest BCUT2D eigenvalue weighted by molar-refractivity contribution is 6.12. The summed E-state index contributed by atoms with van der Waals surface area (Å²) in [6.07, 6.45) is 5.07. The molecule has 0 N–H and O–H groups in total. The van der Waals surface area contributed by atoms with Crippen LogP contribution in [0.3, 0.4) is 0 Å². The van der Waals surface area contributed by atoms with Gasteiger partial charge in [0.2, 0.25) is 5.75 Å². The van der Waals surface area contributed by atoms with Gasteiger partial charge in [0, 0.05) is 34.6 Å². The van der Waals surface area contributed by atoms with E-state index in [2.05, 4.69) is 28.6 Å². The Bertz CT molecular complexity index is 1280. The summed E-state index contributed by atoms with van der Waals surface area (Å²) < 4.78 is 18.3. The van der Waals surface area contributed by atoms with Crippen LogP contribution < -0.4 is 14.2 Å². The maximum absolute atomic E-state index is 12.9. The third-order valence-electron chi connectivity index (χ3n) is 5.37. The number of pyridine rings is 1. The minimum Gasteiger partial charge on any atom is -0.493 e. The van der Waals surface area contributed by atoms with Crippen molar-refractivity contribution in [3.63, 3.8) is 0 Å². The maximum Gasteiger partial charge on any atom is 0.203 e. The van der Waals surface area contributed by atoms with Gasteiger partial charge in [0.15, 0.2) is 17.3 Å². The highest BCUT2D eigenvalue weighted by atomic mass is 16.5. The number of ketones is 1. The van der Waals surface area contributed by atoms with Crippen LogP contribution in [0.15, 0.2) is 54.7 Å². The molecule has 0 fully saturated rings. The van der Waals surface area contributed by atoms with Gasteiger partial charge in [-0.25, -0.2) is 0 Å². The summed E-state index contributed by atoms with van der Waals surface area (Å²) in [6.45, 7) is 2.91. The highest BCUT2D eigenvalue weighted by Crippen LogP contribution is 2.38. The van der Waals surface area contributed by atoms with Gasteiger partial charge in [-0.05, 0) is 43.3 Å². The molecule has 0 radical (unpaired) electrons. The zero-order valence-corrected chi connectivity index (χ0v) is 18.0.